The van der Waals surface area contributed by atoms with Crippen LogP contribution in [0.1, 0.15) is 5.56 Å². The van der Waals surface area contributed by atoms with Gasteiger partial charge in [-0.25, -0.2) is 0 Å². The Morgan fingerprint density at radius 3 is 2.17 bits per heavy atom. The predicted molar refractivity (Wildman–Crippen MR) is 82.3 cm³/mol. The SMILES string of the molecule is COc1ccc(-c2nnc(-c3cccc(C(F)(F)F)c3)s2)cc1. The van der Waals surface area contributed by atoms with Gasteiger partial charge in [-0.1, -0.05) is 23.5 Å². The largest absolute Gasteiger partial charge is 0.497 e. The van der Waals surface area contributed by atoms with Crippen LogP contribution in [0, 0.1) is 0 Å². The smallest absolute Gasteiger partial charge is 0.416 e. The average Bonchev–Trinajstić information content (AvgIpc) is 3.04. The van der Waals surface area contributed by atoms with Crippen molar-refractivity contribution in [3.63, 3.8) is 0 Å². The number of aromatic nitrogens is 2. The quantitative estimate of drug-likeness (QED) is 0.682. The maximum absolute atomic E-state index is 12.8. The van der Waals surface area contributed by atoms with E-state index in [4.69, 9.17) is 4.74 Å². The minimum absolute atomic E-state index is 0.400. The predicted octanol–water partition coefficient (Wildman–Crippen LogP) is 4.90. The van der Waals surface area contributed by atoms with E-state index in [1.54, 1.807) is 25.3 Å². The Hall–Kier alpha value is -2.41. The Bertz CT molecular complexity index is 813. The van der Waals surface area contributed by atoms with Gasteiger partial charge < -0.3 is 4.74 Å². The summed E-state index contributed by atoms with van der Waals surface area (Å²) in [5, 5.41) is 9.14. The van der Waals surface area contributed by atoms with Gasteiger partial charge in [0.05, 0.1) is 12.7 Å². The van der Waals surface area contributed by atoms with E-state index in [0.29, 0.717) is 15.6 Å². The molecule has 1 heterocycles. The summed E-state index contributed by atoms with van der Waals surface area (Å²) in [6, 6.07) is 12.3. The first-order valence-electron chi connectivity index (χ1n) is 6.63. The molecule has 0 fully saturated rings. The summed E-state index contributed by atoms with van der Waals surface area (Å²) in [5.41, 5.74) is 0.537. The number of alkyl halides is 3. The van der Waals surface area contributed by atoms with Crippen molar-refractivity contribution in [2.45, 2.75) is 6.18 Å². The van der Waals surface area contributed by atoms with Crippen molar-refractivity contribution in [1.82, 2.24) is 10.2 Å². The molecule has 7 heteroatoms. The standard InChI is InChI=1S/C16H11F3N2OS/c1-22-13-7-5-10(6-8-13)14-20-21-15(23-14)11-3-2-4-12(9-11)16(17,18)19/h2-9H,1H3. The number of halogens is 3. The first-order valence-corrected chi connectivity index (χ1v) is 7.44. The average molecular weight is 336 g/mol. The van der Waals surface area contributed by atoms with E-state index in [-0.39, 0.29) is 0 Å². The van der Waals surface area contributed by atoms with E-state index in [1.165, 1.54) is 17.4 Å². The molecule has 3 rings (SSSR count). The van der Waals surface area contributed by atoms with Gasteiger partial charge in [-0.3, -0.25) is 0 Å². The molecule has 0 aliphatic heterocycles. The van der Waals surface area contributed by atoms with E-state index < -0.39 is 11.7 Å². The van der Waals surface area contributed by atoms with Crippen LogP contribution in [0.2, 0.25) is 0 Å². The molecule has 0 radical (unpaired) electrons. The Kier molecular flexibility index (Phi) is 4.04. The molecule has 0 atom stereocenters. The van der Waals surface area contributed by atoms with Gasteiger partial charge in [0, 0.05) is 11.1 Å². The van der Waals surface area contributed by atoms with Crippen LogP contribution in [0.25, 0.3) is 21.1 Å². The highest BCUT2D eigenvalue weighted by Crippen LogP contribution is 2.34. The highest BCUT2D eigenvalue weighted by molar-refractivity contribution is 7.17. The second-order valence-corrected chi connectivity index (χ2v) is 5.70. The highest BCUT2D eigenvalue weighted by Gasteiger charge is 2.30. The van der Waals surface area contributed by atoms with E-state index in [9.17, 15) is 13.2 Å². The monoisotopic (exact) mass is 336 g/mol. The first kappa shape index (κ1) is 15.5. The summed E-state index contributed by atoms with van der Waals surface area (Å²) in [5.74, 6) is 0.719. The van der Waals surface area contributed by atoms with Crippen molar-refractivity contribution >= 4 is 11.3 Å². The lowest BCUT2D eigenvalue weighted by Crippen LogP contribution is -2.04. The fraction of sp³-hybridized carbons (Fsp3) is 0.125. The zero-order valence-electron chi connectivity index (χ0n) is 12.0. The van der Waals surface area contributed by atoms with E-state index in [0.717, 1.165) is 23.4 Å². The molecular weight excluding hydrogens is 325 g/mol. The van der Waals surface area contributed by atoms with Gasteiger partial charge in [-0.05, 0) is 36.4 Å². The summed E-state index contributed by atoms with van der Waals surface area (Å²) in [6.45, 7) is 0. The van der Waals surface area contributed by atoms with Gasteiger partial charge in [-0.2, -0.15) is 13.2 Å². The van der Waals surface area contributed by atoms with E-state index in [1.807, 2.05) is 12.1 Å². The third kappa shape index (κ3) is 3.34. The van der Waals surface area contributed by atoms with Crippen LogP contribution >= 0.6 is 11.3 Å². The van der Waals surface area contributed by atoms with E-state index >= 15 is 0 Å². The van der Waals surface area contributed by atoms with Crippen molar-refractivity contribution in [2.75, 3.05) is 7.11 Å². The van der Waals surface area contributed by atoms with Crippen molar-refractivity contribution < 1.29 is 17.9 Å². The van der Waals surface area contributed by atoms with Gasteiger partial charge in [-0.15, -0.1) is 10.2 Å². The summed E-state index contributed by atoms with van der Waals surface area (Å²) >= 11 is 1.24. The third-order valence-electron chi connectivity index (χ3n) is 3.20. The number of hydrogen-bond donors (Lipinski definition) is 0. The molecule has 0 spiro atoms. The molecule has 0 N–H and O–H groups in total. The van der Waals surface area contributed by atoms with Gasteiger partial charge in [0.2, 0.25) is 0 Å². The second kappa shape index (κ2) is 6.00. The lowest BCUT2D eigenvalue weighted by atomic mass is 10.1. The Balaban J connectivity index is 1.92. The summed E-state index contributed by atoms with van der Waals surface area (Å²) < 4.78 is 43.4. The Morgan fingerprint density at radius 1 is 0.913 bits per heavy atom. The van der Waals surface area contributed by atoms with Crippen LogP contribution in [0.5, 0.6) is 5.75 Å². The molecule has 0 unspecified atom stereocenters. The zero-order valence-corrected chi connectivity index (χ0v) is 12.8. The zero-order chi connectivity index (χ0) is 16.4. The summed E-state index contributed by atoms with van der Waals surface area (Å²) in [7, 11) is 1.58. The van der Waals surface area contributed by atoms with Crippen molar-refractivity contribution in [2.24, 2.45) is 0 Å². The molecule has 1 aromatic heterocycles. The van der Waals surface area contributed by atoms with Gasteiger partial charge in [0.1, 0.15) is 15.8 Å². The molecule has 0 aliphatic rings. The van der Waals surface area contributed by atoms with Crippen molar-refractivity contribution in [3.8, 4) is 26.9 Å². The molecule has 0 bridgehead atoms. The van der Waals surface area contributed by atoms with Gasteiger partial charge >= 0.3 is 6.18 Å². The Labute approximate surface area is 134 Å². The molecule has 0 amide bonds. The number of ether oxygens (including phenoxy) is 1. The van der Waals surface area contributed by atoms with Crippen LogP contribution in [0.4, 0.5) is 13.2 Å². The molecule has 23 heavy (non-hydrogen) atoms. The van der Waals surface area contributed by atoms with Crippen molar-refractivity contribution in [3.05, 3.63) is 54.1 Å². The van der Waals surface area contributed by atoms with E-state index in [2.05, 4.69) is 10.2 Å². The molecule has 3 nitrogen and oxygen atoms in total. The number of nitrogens with zero attached hydrogens (tertiary/aromatic N) is 2. The number of hydrogen-bond acceptors (Lipinski definition) is 4. The molecule has 0 aliphatic carbocycles. The van der Waals surface area contributed by atoms with Crippen molar-refractivity contribution in [1.29, 1.82) is 0 Å². The molecule has 0 saturated heterocycles. The lowest BCUT2D eigenvalue weighted by Gasteiger charge is -2.06. The van der Waals surface area contributed by atoms with Gasteiger partial charge in [0.25, 0.3) is 0 Å². The Morgan fingerprint density at radius 2 is 1.57 bits per heavy atom. The van der Waals surface area contributed by atoms with Crippen LogP contribution in [-0.4, -0.2) is 17.3 Å². The highest BCUT2D eigenvalue weighted by atomic mass is 32.1. The maximum Gasteiger partial charge on any atom is 0.416 e. The fourth-order valence-corrected chi connectivity index (χ4v) is 2.86. The molecule has 3 aromatic rings. The minimum atomic E-state index is -4.38. The fourth-order valence-electron chi connectivity index (χ4n) is 2.02. The minimum Gasteiger partial charge on any atom is -0.497 e. The van der Waals surface area contributed by atoms with Gasteiger partial charge in [0.15, 0.2) is 0 Å². The molecule has 118 valence electrons. The summed E-state index contributed by atoms with van der Waals surface area (Å²) in [4.78, 5) is 0. The van der Waals surface area contributed by atoms with Crippen LogP contribution < -0.4 is 4.74 Å². The van der Waals surface area contributed by atoms with Crippen LogP contribution in [-0.2, 0) is 6.18 Å². The topological polar surface area (TPSA) is 35.0 Å². The lowest BCUT2D eigenvalue weighted by molar-refractivity contribution is -0.137. The molecular formula is C16H11F3N2OS. The normalized spacial score (nSPS) is 11.5. The molecule has 0 saturated carbocycles. The number of methoxy groups -OCH3 is 1. The number of benzene rings is 2. The first-order chi connectivity index (χ1) is 11.0. The van der Waals surface area contributed by atoms with Crippen LogP contribution in [0.15, 0.2) is 48.5 Å². The maximum atomic E-state index is 12.8. The summed E-state index contributed by atoms with van der Waals surface area (Å²) in [6.07, 6.45) is -4.38. The van der Waals surface area contributed by atoms with Crippen LogP contribution in [0.3, 0.4) is 0 Å². The number of rotatable bonds is 3. The third-order valence-corrected chi connectivity index (χ3v) is 4.22. The molecule has 2 aromatic carbocycles. The second-order valence-electron chi connectivity index (χ2n) is 4.72.